The van der Waals surface area contributed by atoms with Crippen LogP contribution in [0.2, 0.25) is 0 Å². The molecule has 2 heterocycles. The Balaban J connectivity index is 0.00000243. The summed E-state index contributed by atoms with van der Waals surface area (Å²) in [6, 6.07) is 6.14. The molecule has 0 radical (unpaired) electrons. The number of halogens is 2. The molecule has 1 aromatic rings. The molecule has 0 N–H and O–H groups in total. The number of benzene rings is 1. The summed E-state index contributed by atoms with van der Waals surface area (Å²) in [5, 5.41) is 0. The summed E-state index contributed by atoms with van der Waals surface area (Å²) >= 11 is 3.00. The number of ether oxygens (including phenoxy) is 1. The summed E-state index contributed by atoms with van der Waals surface area (Å²) in [5.74, 6) is -0.309. The third-order valence-corrected chi connectivity index (χ3v) is 5.51. The van der Waals surface area contributed by atoms with E-state index in [1.165, 1.54) is 12.1 Å². The van der Waals surface area contributed by atoms with Gasteiger partial charge in [0.2, 0.25) is 0 Å². The van der Waals surface area contributed by atoms with Gasteiger partial charge in [0.15, 0.2) is 0 Å². The van der Waals surface area contributed by atoms with Crippen molar-refractivity contribution >= 4 is 44.6 Å². The smallest absolute Gasteiger partial charge is 0.147 e. The van der Waals surface area contributed by atoms with Gasteiger partial charge >= 0.3 is 155 Å². The van der Waals surface area contributed by atoms with Crippen LogP contribution in [0, 0.1) is 5.82 Å². The van der Waals surface area contributed by atoms with Crippen molar-refractivity contribution in [2.24, 2.45) is 0 Å². The van der Waals surface area contributed by atoms with Crippen LogP contribution in [0.25, 0.3) is 6.08 Å². The molecule has 142 valence electrons. The van der Waals surface area contributed by atoms with E-state index in [0.29, 0.717) is 12.2 Å². The Kier molecular flexibility index (Phi) is 7.80. The van der Waals surface area contributed by atoms with Gasteiger partial charge in [0, 0.05) is 0 Å². The number of carbonyl (C=O) groups is 1. The maximum Gasteiger partial charge on any atom is -0.147 e. The molecule has 0 saturated carbocycles. The van der Waals surface area contributed by atoms with Crippen molar-refractivity contribution in [3.05, 3.63) is 41.3 Å². The average Bonchev–Trinajstić information content (AvgIpc) is 2.82. The van der Waals surface area contributed by atoms with Crippen LogP contribution in [0.15, 0.2) is 30.0 Å². The predicted octanol–water partition coefficient (Wildman–Crippen LogP) is 1.34. The normalized spacial score (nSPS) is 20.0. The molecule has 26 heavy (non-hydrogen) atoms. The fraction of sp³-hybridized carbons (Fsp3) is 0.444. The van der Waals surface area contributed by atoms with Crippen LogP contribution in [0.1, 0.15) is 12.0 Å². The first kappa shape index (κ1) is 21.1. The summed E-state index contributed by atoms with van der Waals surface area (Å²) in [4.78, 5) is 18.7. The van der Waals surface area contributed by atoms with E-state index in [9.17, 15) is 9.18 Å². The summed E-state index contributed by atoms with van der Waals surface area (Å²) in [5.41, 5.74) is 1.39. The molecule has 1 amide bonds. The predicted molar refractivity (Wildman–Crippen MR) is 104 cm³/mol. The fourth-order valence-electron chi connectivity index (χ4n) is 3.00. The Morgan fingerprint density at radius 2 is 1.85 bits per heavy atom. The van der Waals surface area contributed by atoms with Crippen LogP contribution in [-0.4, -0.2) is 87.3 Å². The number of carbonyl (C=O) groups excluding carboxylic acids is 1. The van der Waals surface area contributed by atoms with Crippen LogP contribution in [0.4, 0.5) is 4.39 Å². The van der Waals surface area contributed by atoms with Gasteiger partial charge in [-0.3, -0.25) is 0 Å². The van der Waals surface area contributed by atoms with Crippen molar-refractivity contribution in [1.82, 2.24) is 14.7 Å². The molecule has 2 aliphatic heterocycles. The number of nitrogens with zero attached hydrogens (tertiary/aromatic N) is 3. The molecule has 2 fully saturated rings. The molecular formula is C18H23ClFN3O2Se. The summed E-state index contributed by atoms with van der Waals surface area (Å²) < 4.78 is 19.2. The Hall–Kier alpha value is -1.24. The van der Waals surface area contributed by atoms with Crippen molar-refractivity contribution < 1.29 is 13.9 Å². The van der Waals surface area contributed by atoms with E-state index in [4.69, 9.17) is 4.74 Å². The molecule has 0 bridgehead atoms. The van der Waals surface area contributed by atoms with E-state index in [0.717, 1.165) is 49.5 Å². The number of hydrogen-bond donors (Lipinski definition) is 0. The second-order valence-electron chi connectivity index (χ2n) is 6.19. The van der Waals surface area contributed by atoms with Crippen LogP contribution >= 0.6 is 12.4 Å². The van der Waals surface area contributed by atoms with E-state index in [-0.39, 0.29) is 24.1 Å². The SMILES string of the molecule is CN1C(=[Se])N(CCCN2CCOCC2)C(=O)C1=Cc1ccc(F)cc1.Cl. The van der Waals surface area contributed by atoms with Gasteiger partial charge in [-0.2, -0.15) is 0 Å². The topological polar surface area (TPSA) is 36.0 Å². The number of likely N-dealkylation sites (N-methyl/N-ethyl adjacent to an activating group) is 1. The first-order chi connectivity index (χ1) is 12.1. The van der Waals surface area contributed by atoms with Crippen LogP contribution < -0.4 is 0 Å². The summed E-state index contributed by atoms with van der Waals surface area (Å²) in [6.07, 6.45) is 2.70. The molecular weight excluding hydrogens is 424 g/mol. The molecule has 0 spiro atoms. The Labute approximate surface area is 167 Å². The molecule has 2 saturated heterocycles. The van der Waals surface area contributed by atoms with Gasteiger partial charge in [0.1, 0.15) is 0 Å². The summed E-state index contributed by atoms with van der Waals surface area (Å²) in [6.45, 7) is 5.12. The number of rotatable bonds is 5. The minimum absolute atomic E-state index is 0. The molecule has 0 atom stereocenters. The Bertz CT molecular complexity index is 678. The molecule has 0 aliphatic carbocycles. The minimum Gasteiger partial charge on any atom is -0.147 e. The zero-order valence-electron chi connectivity index (χ0n) is 14.7. The molecule has 3 rings (SSSR count). The second-order valence-corrected chi connectivity index (χ2v) is 6.95. The maximum absolute atomic E-state index is 13.0. The van der Waals surface area contributed by atoms with E-state index in [1.807, 2.05) is 11.9 Å². The Morgan fingerprint density at radius 3 is 2.50 bits per heavy atom. The number of amides is 1. The molecule has 2 aliphatic rings. The fourth-order valence-corrected chi connectivity index (χ4v) is 3.57. The van der Waals surface area contributed by atoms with Crippen LogP contribution in [-0.2, 0) is 9.53 Å². The number of hydrogen-bond acceptors (Lipinski definition) is 4. The first-order valence-corrected chi connectivity index (χ1v) is 9.29. The Morgan fingerprint density at radius 1 is 1.19 bits per heavy atom. The van der Waals surface area contributed by atoms with Gasteiger partial charge in [0.05, 0.1) is 0 Å². The largest absolute Gasteiger partial charge is 0.147 e. The molecule has 0 unspecified atom stereocenters. The number of morpholine rings is 1. The zero-order chi connectivity index (χ0) is 17.8. The molecule has 1 aromatic carbocycles. The molecule has 8 heteroatoms. The van der Waals surface area contributed by atoms with Crippen LogP contribution in [0.3, 0.4) is 0 Å². The van der Waals surface area contributed by atoms with Gasteiger partial charge < -0.3 is 0 Å². The van der Waals surface area contributed by atoms with Gasteiger partial charge in [-0.15, -0.1) is 12.4 Å². The monoisotopic (exact) mass is 447 g/mol. The van der Waals surface area contributed by atoms with Crippen molar-refractivity contribution in [3.8, 4) is 0 Å². The third-order valence-electron chi connectivity index (χ3n) is 4.48. The van der Waals surface area contributed by atoms with Gasteiger partial charge in [-0.25, -0.2) is 0 Å². The van der Waals surface area contributed by atoms with Crippen molar-refractivity contribution in [1.29, 1.82) is 0 Å². The van der Waals surface area contributed by atoms with Crippen molar-refractivity contribution in [3.63, 3.8) is 0 Å². The standard InChI is InChI=1S/C18H22FN3O2Se.ClH/c1-20-16(13-14-3-5-15(19)6-4-14)17(23)22(18(20)25)8-2-7-21-9-11-24-12-10-21;/h3-6,13H,2,7-12H2,1H3;1H. The van der Waals surface area contributed by atoms with Crippen molar-refractivity contribution in [2.45, 2.75) is 6.42 Å². The van der Waals surface area contributed by atoms with Gasteiger partial charge in [0.25, 0.3) is 0 Å². The maximum atomic E-state index is 13.0. The van der Waals surface area contributed by atoms with Gasteiger partial charge in [-0.05, 0) is 0 Å². The van der Waals surface area contributed by atoms with E-state index in [2.05, 4.69) is 20.5 Å². The quantitative estimate of drug-likeness (QED) is 0.505. The average molecular weight is 447 g/mol. The zero-order valence-corrected chi connectivity index (χ0v) is 17.2. The third kappa shape index (κ3) is 4.93. The van der Waals surface area contributed by atoms with Crippen LogP contribution in [0.5, 0.6) is 0 Å². The second kappa shape index (κ2) is 9.62. The van der Waals surface area contributed by atoms with Gasteiger partial charge in [-0.1, -0.05) is 0 Å². The molecule has 0 aromatic heterocycles. The summed E-state index contributed by atoms with van der Waals surface area (Å²) in [7, 11) is 1.86. The molecule has 5 nitrogen and oxygen atoms in total. The van der Waals surface area contributed by atoms with Crippen molar-refractivity contribution in [2.75, 3.05) is 46.4 Å². The van der Waals surface area contributed by atoms with E-state index < -0.39 is 0 Å². The van der Waals surface area contributed by atoms with E-state index in [1.54, 1.807) is 23.1 Å². The van der Waals surface area contributed by atoms with E-state index >= 15 is 0 Å². The first-order valence-electron chi connectivity index (χ1n) is 8.43. The minimum atomic E-state index is -0.283.